The third-order valence-electron chi connectivity index (χ3n) is 2.54. The first-order chi connectivity index (χ1) is 8.51. The van der Waals surface area contributed by atoms with Crippen LogP contribution < -0.4 is 5.73 Å². The molecule has 6 nitrogen and oxygen atoms in total. The highest BCUT2D eigenvalue weighted by molar-refractivity contribution is 7.11. The third kappa shape index (κ3) is 2.35. The van der Waals surface area contributed by atoms with Gasteiger partial charge in [-0.1, -0.05) is 0 Å². The van der Waals surface area contributed by atoms with Gasteiger partial charge in [0.1, 0.15) is 5.01 Å². The lowest BCUT2D eigenvalue weighted by atomic mass is 10.4. The number of nitrogens with two attached hydrogens (primary N) is 1. The Morgan fingerprint density at radius 3 is 2.83 bits per heavy atom. The molecule has 0 bridgehead atoms. The third-order valence-corrected chi connectivity index (χ3v) is 3.60. The molecule has 96 valence electrons. The number of hydrogen-bond donors (Lipinski definition) is 1. The van der Waals surface area contributed by atoms with Crippen molar-refractivity contribution in [3.63, 3.8) is 0 Å². The summed E-state index contributed by atoms with van der Waals surface area (Å²) in [6.07, 6.45) is 1.61. The molecule has 0 amide bonds. The van der Waals surface area contributed by atoms with Crippen molar-refractivity contribution in [3.8, 4) is 0 Å². The number of thiazole rings is 1. The van der Waals surface area contributed by atoms with Crippen LogP contribution in [0.5, 0.6) is 0 Å². The Bertz CT molecular complexity index is 568. The summed E-state index contributed by atoms with van der Waals surface area (Å²) in [5, 5.41) is 5.03. The lowest BCUT2D eigenvalue weighted by molar-refractivity contribution is 0.0594. The molecular weight excluding hydrogens is 252 g/mol. The molecule has 0 aliphatic heterocycles. The van der Waals surface area contributed by atoms with Crippen LogP contribution in [0.4, 0.5) is 5.69 Å². The minimum atomic E-state index is -0.530. The number of methoxy groups -OCH3 is 1. The molecule has 18 heavy (non-hydrogen) atoms. The van der Waals surface area contributed by atoms with Crippen LogP contribution in [0.1, 0.15) is 26.1 Å². The average Bonchev–Trinajstić information content (AvgIpc) is 2.82. The van der Waals surface area contributed by atoms with E-state index in [4.69, 9.17) is 5.73 Å². The molecule has 7 heteroatoms. The van der Waals surface area contributed by atoms with Crippen LogP contribution in [0.2, 0.25) is 0 Å². The molecule has 2 aromatic rings. The van der Waals surface area contributed by atoms with Gasteiger partial charge in [-0.15, -0.1) is 11.3 Å². The second-order valence-electron chi connectivity index (χ2n) is 3.87. The molecule has 2 rings (SSSR count). The molecule has 0 spiro atoms. The predicted octanol–water partition coefficient (Wildman–Crippen LogP) is 1.37. The van der Waals surface area contributed by atoms with Crippen molar-refractivity contribution in [2.45, 2.75) is 20.4 Å². The van der Waals surface area contributed by atoms with Gasteiger partial charge in [-0.2, -0.15) is 5.10 Å². The van der Waals surface area contributed by atoms with E-state index in [1.165, 1.54) is 12.0 Å². The van der Waals surface area contributed by atoms with Crippen molar-refractivity contribution in [2.75, 3.05) is 12.8 Å². The van der Waals surface area contributed by atoms with Crippen molar-refractivity contribution in [3.05, 3.63) is 27.5 Å². The Labute approximate surface area is 108 Å². The summed E-state index contributed by atoms with van der Waals surface area (Å²) in [5.74, 6) is -0.530. The van der Waals surface area contributed by atoms with Crippen LogP contribution in [0, 0.1) is 13.8 Å². The zero-order chi connectivity index (χ0) is 13.3. The predicted molar refractivity (Wildman–Crippen MR) is 68.7 cm³/mol. The number of aryl methyl sites for hydroxylation is 2. The minimum Gasteiger partial charge on any atom is -0.464 e. The van der Waals surface area contributed by atoms with Gasteiger partial charge in [0.05, 0.1) is 25.0 Å². The number of carbonyl (C=O) groups is 1. The maximum atomic E-state index is 11.4. The van der Waals surface area contributed by atoms with Crippen LogP contribution in [-0.2, 0) is 11.3 Å². The van der Waals surface area contributed by atoms with Gasteiger partial charge in [0.15, 0.2) is 5.69 Å². The molecule has 0 saturated carbocycles. The zero-order valence-electron chi connectivity index (χ0n) is 10.4. The van der Waals surface area contributed by atoms with E-state index in [0.29, 0.717) is 12.2 Å². The minimum absolute atomic E-state index is 0.141. The summed E-state index contributed by atoms with van der Waals surface area (Å²) in [4.78, 5) is 17.0. The van der Waals surface area contributed by atoms with Crippen LogP contribution in [0.3, 0.4) is 0 Å². The second-order valence-corrected chi connectivity index (χ2v) is 5.16. The lowest BCUT2D eigenvalue weighted by Crippen LogP contribution is -2.07. The van der Waals surface area contributed by atoms with Gasteiger partial charge in [0.25, 0.3) is 0 Å². The van der Waals surface area contributed by atoms with E-state index in [0.717, 1.165) is 10.7 Å². The number of ether oxygens (including phenoxy) is 1. The molecule has 2 N–H and O–H groups in total. The highest BCUT2D eigenvalue weighted by Crippen LogP contribution is 2.18. The van der Waals surface area contributed by atoms with Crippen molar-refractivity contribution >= 4 is 23.0 Å². The van der Waals surface area contributed by atoms with Gasteiger partial charge in [-0.05, 0) is 13.8 Å². The van der Waals surface area contributed by atoms with E-state index in [1.807, 2.05) is 13.8 Å². The molecule has 0 aromatic carbocycles. The topological polar surface area (TPSA) is 83.0 Å². The molecule has 0 fully saturated rings. The summed E-state index contributed by atoms with van der Waals surface area (Å²) in [7, 11) is 1.30. The summed E-state index contributed by atoms with van der Waals surface area (Å²) in [5.41, 5.74) is 7.18. The molecule has 0 saturated heterocycles. The van der Waals surface area contributed by atoms with Crippen LogP contribution >= 0.6 is 11.3 Å². The average molecular weight is 266 g/mol. The number of carbonyl (C=O) groups excluding carboxylic acids is 1. The number of hydrogen-bond acceptors (Lipinski definition) is 6. The first-order valence-electron chi connectivity index (χ1n) is 5.35. The van der Waals surface area contributed by atoms with Crippen molar-refractivity contribution in [1.29, 1.82) is 0 Å². The number of rotatable bonds is 3. The largest absolute Gasteiger partial charge is 0.464 e. The Hall–Kier alpha value is -1.89. The second kappa shape index (κ2) is 4.77. The number of aromatic nitrogens is 3. The quantitative estimate of drug-likeness (QED) is 0.848. The molecule has 0 atom stereocenters. The molecule has 0 unspecified atom stereocenters. The zero-order valence-corrected chi connectivity index (χ0v) is 11.2. The summed E-state index contributed by atoms with van der Waals surface area (Å²) in [6, 6.07) is 0. The normalized spacial score (nSPS) is 10.6. The summed E-state index contributed by atoms with van der Waals surface area (Å²) >= 11 is 1.61. The Kier molecular flexibility index (Phi) is 3.33. The van der Waals surface area contributed by atoms with Gasteiger partial charge in [0.2, 0.25) is 0 Å². The molecule has 0 aliphatic rings. The first kappa shape index (κ1) is 12.6. The highest BCUT2D eigenvalue weighted by atomic mass is 32.1. The molecule has 2 aromatic heterocycles. The Morgan fingerprint density at radius 1 is 1.56 bits per heavy atom. The van der Waals surface area contributed by atoms with Crippen LogP contribution in [-0.4, -0.2) is 27.8 Å². The maximum absolute atomic E-state index is 11.4. The fourth-order valence-corrected chi connectivity index (χ4v) is 2.44. The van der Waals surface area contributed by atoms with Crippen LogP contribution in [0.15, 0.2) is 6.20 Å². The fraction of sp³-hybridized carbons (Fsp3) is 0.364. The number of esters is 1. The van der Waals surface area contributed by atoms with E-state index in [2.05, 4.69) is 14.8 Å². The van der Waals surface area contributed by atoms with E-state index < -0.39 is 5.97 Å². The van der Waals surface area contributed by atoms with Crippen molar-refractivity contribution in [2.24, 2.45) is 0 Å². The molecular formula is C11H14N4O2S. The fourth-order valence-electron chi connectivity index (χ4n) is 1.52. The van der Waals surface area contributed by atoms with Gasteiger partial charge >= 0.3 is 5.97 Å². The van der Waals surface area contributed by atoms with E-state index in [-0.39, 0.29) is 5.69 Å². The SMILES string of the molecule is COC(=O)c1nn(Cc2nc(C)c(C)s2)cc1N. The monoisotopic (exact) mass is 266 g/mol. The molecule has 0 radical (unpaired) electrons. The molecule has 0 aliphatic carbocycles. The smallest absolute Gasteiger partial charge is 0.360 e. The van der Waals surface area contributed by atoms with Crippen LogP contribution in [0.25, 0.3) is 0 Å². The van der Waals surface area contributed by atoms with Gasteiger partial charge < -0.3 is 10.5 Å². The maximum Gasteiger partial charge on any atom is 0.360 e. The van der Waals surface area contributed by atoms with Gasteiger partial charge in [-0.3, -0.25) is 4.68 Å². The summed E-state index contributed by atoms with van der Waals surface area (Å²) < 4.78 is 6.19. The number of nitrogens with zero attached hydrogens (tertiary/aromatic N) is 3. The Balaban J connectivity index is 2.22. The van der Waals surface area contributed by atoms with Crippen molar-refractivity contribution in [1.82, 2.24) is 14.8 Å². The van der Waals surface area contributed by atoms with E-state index in [9.17, 15) is 4.79 Å². The van der Waals surface area contributed by atoms with E-state index in [1.54, 1.807) is 22.2 Å². The number of nitrogen functional groups attached to an aromatic ring is 1. The first-order valence-corrected chi connectivity index (χ1v) is 6.17. The molecule has 2 heterocycles. The summed E-state index contributed by atoms with van der Waals surface area (Å²) in [6.45, 7) is 4.49. The van der Waals surface area contributed by atoms with Gasteiger partial charge in [0, 0.05) is 11.1 Å². The Morgan fingerprint density at radius 2 is 2.28 bits per heavy atom. The standard InChI is InChI=1S/C11H14N4O2S/c1-6-7(2)18-9(13-6)5-15-4-8(12)10(14-15)11(16)17-3/h4H,5,12H2,1-3H3. The highest BCUT2D eigenvalue weighted by Gasteiger charge is 2.15. The number of anilines is 1. The van der Waals surface area contributed by atoms with Gasteiger partial charge in [-0.25, -0.2) is 9.78 Å². The van der Waals surface area contributed by atoms with Crippen molar-refractivity contribution < 1.29 is 9.53 Å². The lowest BCUT2D eigenvalue weighted by Gasteiger charge is -1.96. The van der Waals surface area contributed by atoms with E-state index >= 15 is 0 Å².